The number of nitrogens with one attached hydrogen (secondary N) is 1. The highest BCUT2D eigenvalue weighted by atomic mass is 32.1. The molecule has 4 nitrogen and oxygen atoms in total. The summed E-state index contributed by atoms with van der Waals surface area (Å²) in [5, 5.41) is 7.90. The Labute approximate surface area is 144 Å². The summed E-state index contributed by atoms with van der Waals surface area (Å²) in [6.45, 7) is 3.70. The van der Waals surface area contributed by atoms with Gasteiger partial charge in [-0.2, -0.15) is 9.78 Å². The largest absolute Gasteiger partial charge is 0.497 e. The van der Waals surface area contributed by atoms with E-state index in [-0.39, 0.29) is 0 Å². The summed E-state index contributed by atoms with van der Waals surface area (Å²) in [6.07, 6.45) is 0. The van der Waals surface area contributed by atoms with Crippen molar-refractivity contribution in [2.24, 2.45) is 0 Å². The highest BCUT2D eigenvalue weighted by Crippen LogP contribution is 2.21. The van der Waals surface area contributed by atoms with Gasteiger partial charge in [-0.1, -0.05) is 29.5 Å². The first-order valence-corrected chi connectivity index (χ1v) is 8.70. The zero-order valence-corrected chi connectivity index (χ0v) is 15.1. The quantitative estimate of drug-likeness (QED) is 0.721. The van der Waals surface area contributed by atoms with Crippen molar-refractivity contribution in [1.29, 1.82) is 0 Å². The second-order valence-corrected chi connectivity index (χ2v) is 7.55. The number of aryl methyl sites for hydroxylation is 1. The molecule has 0 aliphatic heterocycles. The summed E-state index contributed by atoms with van der Waals surface area (Å²) < 4.78 is 8.03. The molecule has 1 atom stereocenters. The van der Waals surface area contributed by atoms with E-state index in [2.05, 4.69) is 42.5 Å². The third-order valence-corrected chi connectivity index (χ3v) is 4.97. The highest BCUT2D eigenvalue weighted by Gasteiger charge is 2.08. The molecule has 2 aromatic carbocycles. The summed E-state index contributed by atoms with van der Waals surface area (Å²) in [7, 11) is 3.85. The standard InChI is InChI=1S/C17H19N3OS2/c1-12-18-20(17(22)23-12)11-19(2)10-13-4-5-15-9-16(21-3)7-6-14(15)8-13/h4-9H,10-11H2,1-3H3/p+1. The molecule has 0 bridgehead atoms. The molecule has 0 amide bonds. The SMILES string of the molecule is COc1ccc2cc(C[NH+](C)Cn3nc(C)sc3=S)ccc2c1. The molecule has 1 aromatic heterocycles. The number of hydrogen-bond acceptors (Lipinski definition) is 4. The predicted octanol–water partition coefficient (Wildman–Crippen LogP) is 2.82. The van der Waals surface area contributed by atoms with Gasteiger partial charge in [0, 0.05) is 5.56 Å². The number of quaternary nitrogens is 1. The van der Waals surface area contributed by atoms with Crippen molar-refractivity contribution in [1.82, 2.24) is 9.78 Å². The van der Waals surface area contributed by atoms with E-state index < -0.39 is 0 Å². The molecule has 1 unspecified atom stereocenters. The molecule has 0 saturated carbocycles. The van der Waals surface area contributed by atoms with Crippen LogP contribution in [0.4, 0.5) is 0 Å². The molecule has 0 radical (unpaired) electrons. The predicted molar refractivity (Wildman–Crippen MR) is 96.8 cm³/mol. The Hall–Kier alpha value is -1.76. The fraction of sp³-hybridized carbons (Fsp3) is 0.294. The maximum absolute atomic E-state index is 5.34. The molecule has 120 valence electrons. The van der Waals surface area contributed by atoms with Crippen molar-refractivity contribution < 1.29 is 9.64 Å². The lowest BCUT2D eigenvalue weighted by Crippen LogP contribution is -3.07. The second kappa shape index (κ2) is 6.78. The van der Waals surface area contributed by atoms with Gasteiger partial charge in [0.2, 0.25) is 0 Å². The van der Waals surface area contributed by atoms with Crippen molar-refractivity contribution in [3.05, 3.63) is 50.9 Å². The topological polar surface area (TPSA) is 31.5 Å². The molecule has 1 heterocycles. The Balaban J connectivity index is 1.75. The van der Waals surface area contributed by atoms with Gasteiger partial charge in [-0.3, -0.25) is 0 Å². The Morgan fingerprint density at radius 3 is 2.65 bits per heavy atom. The van der Waals surface area contributed by atoms with Crippen LogP contribution in [0.3, 0.4) is 0 Å². The van der Waals surface area contributed by atoms with Crippen molar-refractivity contribution in [3.8, 4) is 5.75 Å². The average Bonchev–Trinajstić information content (AvgIpc) is 2.84. The van der Waals surface area contributed by atoms with Crippen LogP contribution in [-0.2, 0) is 13.2 Å². The molecule has 3 rings (SSSR count). The molecule has 23 heavy (non-hydrogen) atoms. The first-order valence-electron chi connectivity index (χ1n) is 7.47. The number of nitrogens with zero attached hydrogens (tertiary/aromatic N) is 2. The number of fused-ring (bicyclic) bond motifs is 1. The van der Waals surface area contributed by atoms with E-state index in [0.29, 0.717) is 0 Å². The third kappa shape index (κ3) is 3.77. The highest BCUT2D eigenvalue weighted by molar-refractivity contribution is 7.73. The number of ether oxygens (including phenoxy) is 1. The van der Waals surface area contributed by atoms with Gasteiger partial charge in [0.05, 0.1) is 14.2 Å². The minimum Gasteiger partial charge on any atom is -0.497 e. The summed E-state index contributed by atoms with van der Waals surface area (Å²) in [6, 6.07) is 12.7. The van der Waals surface area contributed by atoms with E-state index in [1.165, 1.54) is 21.2 Å². The number of hydrogen-bond donors (Lipinski definition) is 1. The zero-order valence-electron chi connectivity index (χ0n) is 13.5. The van der Waals surface area contributed by atoms with Gasteiger partial charge in [0.15, 0.2) is 10.6 Å². The summed E-state index contributed by atoms with van der Waals surface area (Å²) in [5.41, 5.74) is 1.30. The Bertz CT molecular complexity index is 885. The van der Waals surface area contributed by atoms with Gasteiger partial charge in [0.1, 0.15) is 17.3 Å². The molecule has 0 saturated heterocycles. The smallest absolute Gasteiger partial charge is 0.184 e. The van der Waals surface area contributed by atoms with Crippen LogP contribution in [0.5, 0.6) is 5.75 Å². The van der Waals surface area contributed by atoms with Crippen molar-refractivity contribution in [2.45, 2.75) is 20.1 Å². The van der Waals surface area contributed by atoms with E-state index in [0.717, 1.165) is 27.9 Å². The fourth-order valence-electron chi connectivity index (χ4n) is 2.68. The van der Waals surface area contributed by atoms with Gasteiger partial charge in [-0.05, 0) is 48.1 Å². The minimum atomic E-state index is 0.782. The van der Waals surface area contributed by atoms with Crippen molar-refractivity contribution >= 4 is 34.3 Å². The molecule has 0 spiro atoms. The summed E-state index contributed by atoms with van der Waals surface area (Å²) in [4.78, 5) is 1.35. The Kier molecular flexibility index (Phi) is 4.75. The number of rotatable bonds is 5. The Morgan fingerprint density at radius 2 is 1.96 bits per heavy atom. The number of methoxy groups -OCH3 is 1. The lowest BCUT2D eigenvalue weighted by molar-refractivity contribution is -0.917. The maximum Gasteiger partial charge on any atom is 0.184 e. The molecule has 0 aliphatic rings. The molecule has 6 heteroatoms. The van der Waals surface area contributed by atoms with E-state index in [1.54, 1.807) is 18.4 Å². The van der Waals surface area contributed by atoms with E-state index in [1.807, 2.05) is 17.7 Å². The molecular formula is C17H20N3OS2+. The normalized spacial score (nSPS) is 12.5. The Morgan fingerprint density at radius 1 is 1.22 bits per heavy atom. The first-order chi connectivity index (χ1) is 11.0. The van der Waals surface area contributed by atoms with Crippen molar-refractivity contribution in [3.63, 3.8) is 0 Å². The lowest BCUT2D eigenvalue weighted by atomic mass is 10.1. The maximum atomic E-state index is 5.34. The minimum absolute atomic E-state index is 0.782. The van der Waals surface area contributed by atoms with Gasteiger partial charge in [-0.15, -0.1) is 0 Å². The van der Waals surface area contributed by atoms with Crippen LogP contribution in [0.25, 0.3) is 10.8 Å². The molecule has 0 aliphatic carbocycles. The summed E-state index contributed by atoms with van der Waals surface area (Å²) in [5.74, 6) is 0.890. The first kappa shape index (κ1) is 16.1. The van der Waals surface area contributed by atoms with E-state index in [4.69, 9.17) is 17.0 Å². The number of aromatic nitrogens is 2. The van der Waals surface area contributed by atoms with Crippen LogP contribution in [0.1, 0.15) is 10.6 Å². The number of benzene rings is 2. The van der Waals surface area contributed by atoms with Crippen LogP contribution in [-0.4, -0.2) is 23.9 Å². The van der Waals surface area contributed by atoms with Gasteiger partial charge >= 0.3 is 0 Å². The van der Waals surface area contributed by atoms with Gasteiger partial charge in [-0.25, -0.2) is 0 Å². The second-order valence-electron chi connectivity index (χ2n) is 5.73. The van der Waals surface area contributed by atoms with Crippen LogP contribution < -0.4 is 9.64 Å². The summed E-state index contributed by atoms with van der Waals surface area (Å²) >= 11 is 6.90. The van der Waals surface area contributed by atoms with Gasteiger partial charge in [0.25, 0.3) is 0 Å². The third-order valence-electron chi connectivity index (χ3n) is 3.74. The van der Waals surface area contributed by atoms with Gasteiger partial charge < -0.3 is 9.64 Å². The molecule has 0 fully saturated rings. The van der Waals surface area contributed by atoms with E-state index >= 15 is 0 Å². The van der Waals surface area contributed by atoms with Crippen LogP contribution in [0.2, 0.25) is 0 Å². The molecular weight excluding hydrogens is 326 g/mol. The fourth-order valence-corrected chi connectivity index (χ4v) is 3.75. The van der Waals surface area contributed by atoms with Crippen LogP contribution in [0, 0.1) is 10.9 Å². The van der Waals surface area contributed by atoms with Crippen molar-refractivity contribution in [2.75, 3.05) is 14.2 Å². The van der Waals surface area contributed by atoms with Crippen LogP contribution >= 0.6 is 23.6 Å². The monoisotopic (exact) mass is 346 g/mol. The molecule has 1 N–H and O–H groups in total. The zero-order chi connectivity index (χ0) is 16.4. The van der Waals surface area contributed by atoms with E-state index in [9.17, 15) is 0 Å². The lowest BCUT2D eigenvalue weighted by Gasteiger charge is -2.14. The molecule has 3 aromatic rings. The average molecular weight is 347 g/mol. The van der Waals surface area contributed by atoms with Crippen LogP contribution in [0.15, 0.2) is 36.4 Å².